The van der Waals surface area contributed by atoms with Crippen LogP contribution >= 0.6 is 0 Å². The van der Waals surface area contributed by atoms with Crippen molar-refractivity contribution in [3.8, 4) is 11.5 Å². The van der Waals surface area contributed by atoms with Crippen LogP contribution in [0, 0.1) is 10.1 Å². The van der Waals surface area contributed by atoms with E-state index in [9.17, 15) is 10.1 Å². The summed E-state index contributed by atoms with van der Waals surface area (Å²) < 4.78 is 10.8. The number of hydrogen-bond acceptors (Lipinski definition) is 5. The van der Waals surface area contributed by atoms with Gasteiger partial charge in [-0.15, -0.1) is 0 Å². The minimum atomic E-state index is -0.344. The highest BCUT2D eigenvalue weighted by Gasteiger charge is 2.25. The van der Waals surface area contributed by atoms with Gasteiger partial charge in [-0.2, -0.15) is 0 Å². The summed E-state index contributed by atoms with van der Waals surface area (Å²) >= 11 is 0. The third kappa shape index (κ3) is 3.65. The van der Waals surface area contributed by atoms with Crippen LogP contribution in [-0.2, 0) is 12.8 Å². The number of hydrogen-bond donors (Lipinski definition) is 0. The second-order valence-corrected chi connectivity index (χ2v) is 6.54. The van der Waals surface area contributed by atoms with Crippen molar-refractivity contribution in [1.29, 1.82) is 0 Å². The fraction of sp³-hybridized carbons (Fsp3) is 0.400. The Hall–Kier alpha value is -2.60. The Morgan fingerprint density at radius 3 is 2.62 bits per heavy atom. The first-order valence-corrected chi connectivity index (χ1v) is 8.75. The van der Waals surface area contributed by atoms with Crippen molar-refractivity contribution < 1.29 is 14.4 Å². The summed E-state index contributed by atoms with van der Waals surface area (Å²) in [5.74, 6) is 1.52. The zero-order valence-corrected chi connectivity index (χ0v) is 15.4. The fourth-order valence-corrected chi connectivity index (χ4v) is 3.60. The maximum Gasteiger partial charge on any atom is 0.269 e. The predicted octanol–water partition coefficient (Wildman–Crippen LogP) is 3.77. The minimum absolute atomic E-state index is 0.149. The van der Waals surface area contributed by atoms with Crippen LogP contribution in [0.2, 0.25) is 0 Å². The van der Waals surface area contributed by atoms with Crippen molar-refractivity contribution in [2.75, 3.05) is 27.3 Å². The quantitative estimate of drug-likeness (QED) is 0.582. The summed E-state index contributed by atoms with van der Waals surface area (Å²) in [6.07, 6.45) is 1.74. The molecule has 0 spiro atoms. The van der Waals surface area contributed by atoms with Gasteiger partial charge < -0.3 is 9.47 Å². The number of nitro groups is 1. The van der Waals surface area contributed by atoms with Crippen LogP contribution in [0.3, 0.4) is 0 Å². The van der Waals surface area contributed by atoms with Gasteiger partial charge >= 0.3 is 0 Å². The third-order valence-corrected chi connectivity index (χ3v) is 5.12. The van der Waals surface area contributed by atoms with Gasteiger partial charge in [0.05, 0.1) is 19.1 Å². The lowest BCUT2D eigenvalue weighted by Crippen LogP contribution is -2.35. The van der Waals surface area contributed by atoms with E-state index in [4.69, 9.17) is 9.47 Å². The van der Waals surface area contributed by atoms with Crippen LogP contribution in [0.4, 0.5) is 5.69 Å². The molecule has 2 aromatic carbocycles. The summed E-state index contributed by atoms with van der Waals surface area (Å²) in [5, 5.41) is 10.9. The van der Waals surface area contributed by atoms with Crippen molar-refractivity contribution in [2.45, 2.75) is 25.8 Å². The number of ether oxygens (including phenoxy) is 2. The number of benzene rings is 2. The minimum Gasteiger partial charge on any atom is -0.493 e. The van der Waals surface area contributed by atoms with Crippen molar-refractivity contribution >= 4 is 5.69 Å². The SMILES string of the molecule is COc1cc2c(cc1OC)C(C)N(CCc1cccc([N+](=O)[O-])c1)CC2. The molecule has 6 heteroatoms. The fourth-order valence-electron chi connectivity index (χ4n) is 3.60. The number of methoxy groups -OCH3 is 2. The van der Waals surface area contributed by atoms with Gasteiger partial charge in [-0.3, -0.25) is 15.0 Å². The molecule has 1 unspecified atom stereocenters. The lowest BCUT2D eigenvalue weighted by Gasteiger charge is -2.35. The Bertz CT molecular complexity index is 806. The summed E-state index contributed by atoms with van der Waals surface area (Å²) in [6, 6.07) is 11.3. The van der Waals surface area contributed by atoms with E-state index in [1.165, 1.54) is 17.2 Å². The van der Waals surface area contributed by atoms with Gasteiger partial charge in [0.1, 0.15) is 0 Å². The van der Waals surface area contributed by atoms with Gasteiger partial charge in [0.2, 0.25) is 0 Å². The van der Waals surface area contributed by atoms with E-state index in [-0.39, 0.29) is 16.7 Å². The van der Waals surface area contributed by atoms with E-state index in [0.29, 0.717) is 0 Å². The van der Waals surface area contributed by atoms with Crippen molar-refractivity contribution in [3.63, 3.8) is 0 Å². The number of nitrogens with zero attached hydrogens (tertiary/aromatic N) is 2. The summed E-state index contributed by atoms with van der Waals surface area (Å²) in [7, 11) is 3.31. The van der Waals surface area contributed by atoms with Crippen LogP contribution in [0.5, 0.6) is 11.5 Å². The Morgan fingerprint density at radius 1 is 1.19 bits per heavy atom. The molecule has 2 aromatic rings. The van der Waals surface area contributed by atoms with Crippen LogP contribution in [0.1, 0.15) is 29.7 Å². The third-order valence-electron chi connectivity index (χ3n) is 5.12. The molecule has 0 saturated carbocycles. The molecule has 6 nitrogen and oxygen atoms in total. The molecule has 0 saturated heterocycles. The highest BCUT2D eigenvalue weighted by Crippen LogP contribution is 2.37. The molecular formula is C20H24N2O4. The topological polar surface area (TPSA) is 64.8 Å². The van der Waals surface area contributed by atoms with Crippen molar-refractivity contribution in [2.24, 2.45) is 0 Å². The highest BCUT2D eigenvalue weighted by atomic mass is 16.6. The second kappa shape index (κ2) is 7.74. The lowest BCUT2D eigenvalue weighted by atomic mass is 9.92. The van der Waals surface area contributed by atoms with E-state index < -0.39 is 0 Å². The molecule has 0 amide bonds. The predicted molar refractivity (Wildman–Crippen MR) is 100 cm³/mol. The number of fused-ring (bicyclic) bond motifs is 1. The van der Waals surface area contributed by atoms with E-state index in [2.05, 4.69) is 24.0 Å². The molecule has 26 heavy (non-hydrogen) atoms. The smallest absolute Gasteiger partial charge is 0.269 e. The van der Waals surface area contributed by atoms with Crippen LogP contribution in [0.25, 0.3) is 0 Å². The molecular weight excluding hydrogens is 332 g/mol. The van der Waals surface area contributed by atoms with Crippen molar-refractivity contribution in [1.82, 2.24) is 4.90 Å². The monoisotopic (exact) mass is 356 g/mol. The van der Waals surface area contributed by atoms with Gasteiger partial charge in [-0.25, -0.2) is 0 Å². The van der Waals surface area contributed by atoms with Gasteiger partial charge in [-0.1, -0.05) is 12.1 Å². The molecule has 1 atom stereocenters. The first kappa shape index (κ1) is 18.2. The van der Waals surface area contributed by atoms with Crippen LogP contribution in [0.15, 0.2) is 36.4 Å². The molecule has 0 aliphatic carbocycles. The first-order valence-electron chi connectivity index (χ1n) is 8.75. The average molecular weight is 356 g/mol. The largest absolute Gasteiger partial charge is 0.493 e. The maximum atomic E-state index is 10.9. The first-order chi connectivity index (χ1) is 12.5. The van der Waals surface area contributed by atoms with Gasteiger partial charge in [0.25, 0.3) is 5.69 Å². The van der Waals surface area contributed by atoms with Gasteiger partial charge in [0.15, 0.2) is 11.5 Å². The second-order valence-electron chi connectivity index (χ2n) is 6.54. The molecule has 0 fully saturated rings. The molecule has 0 N–H and O–H groups in total. The van der Waals surface area contributed by atoms with Crippen LogP contribution in [-0.4, -0.2) is 37.1 Å². The summed E-state index contributed by atoms with van der Waals surface area (Å²) in [6.45, 7) is 4.01. The summed E-state index contributed by atoms with van der Waals surface area (Å²) in [4.78, 5) is 13.0. The Morgan fingerprint density at radius 2 is 1.92 bits per heavy atom. The number of non-ortho nitro benzene ring substituents is 1. The molecule has 1 aliphatic heterocycles. The molecule has 0 radical (unpaired) electrons. The van der Waals surface area contributed by atoms with Gasteiger partial charge in [0, 0.05) is 31.3 Å². The van der Waals surface area contributed by atoms with E-state index >= 15 is 0 Å². The van der Waals surface area contributed by atoms with Crippen LogP contribution < -0.4 is 9.47 Å². The number of nitro benzene ring substituents is 1. The normalized spacial score (nSPS) is 16.8. The maximum absolute atomic E-state index is 10.9. The summed E-state index contributed by atoms with van der Waals surface area (Å²) in [5.41, 5.74) is 3.69. The molecule has 138 valence electrons. The Kier molecular flexibility index (Phi) is 5.42. The Balaban J connectivity index is 1.74. The standard InChI is InChI=1S/C20H24N2O4/c1-14-18-13-20(26-3)19(25-2)12-16(18)8-10-21(14)9-7-15-5-4-6-17(11-15)22(23)24/h4-6,11-14H,7-10H2,1-3H3. The average Bonchev–Trinajstić information content (AvgIpc) is 2.66. The zero-order valence-electron chi connectivity index (χ0n) is 15.4. The molecule has 1 aliphatic rings. The lowest BCUT2D eigenvalue weighted by molar-refractivity contribution is -0.384. The van der Waals surface area contributed by atoms with Gasteiger partial charge in [-0.05, 0) is 48.6 Å². The van der Waals surface area contributed by atoms with E-state index in [1.54, 1.807) is 26.4 Å². The molecule has 3 rings (SSSR count). The number of rotatable bonds is 6. The van der Waals surface area contributed by atoms with Crippen molar-refractivity contribution in [3.05, 3.63) is 63.2 Å². The van der Waals surface area contributed by atoms with E-state index in [0.717, 1.165) is 43.0 Å². The molecule has 1 heterocycles. The molecule has 0 bridgehead atoms. The molecule has 0 aromatic heterocycles. The van der Waals surface area contributed by atoms with E-state index in [1.807, 2.05) is 6.07 Å². The zero-order chi connectivity index (χ0) is 18.7. The Labute approximate surface area is 153 Å². The highest BCUT2D eigenvalue weighted by molar-refractivity contribution is 5.49.